The van der Waals surface area contributed by atoms with Crippen LogP contribution in [0.1, 0.15) is 10.4 Å². The lowest BCUT2D eigenvalue weighted by molar-refractivity contribution is -0.173. The number of aromatic hydroxyl groups is 2. The molecule has 1 rings (SSSR count). The van der Waals surface area contributed by atoms with Gasteiger partial charge in [-0.1, -0.05) is 6.07 Å². The summed E-state index contributed by atoms with van der Waals surface area (Å²) in [7, 11) is 0. The van der Waals surface area contributed by atoms with Crippen LogP contribution in [-0.2, 0) is 4.74 Å². The van der Waals surface area contributed by atoms with E-state index in [1.807, 2.05) is 0 Å². The van der Waals surface area contributed by atoms with Crippen molar-refractivity contribution in [2.75, 3.05) is 19.8 Å². The van der Waals surface area contributed by atoms with Gasteiger partial charge in [0, 0.05) is 6.54 Å². The largest absolute Gasteiger partial charge is 0.504 e. The summed E-state index contributed by atoms with van der Waals surface area (Å²) in [5, 5.41) is 20.8. The van der Waals surface area contributed by atoms with Crippen LogP contribution < -0.4 is 5.32 Å². The molecule has 0 aliphatic carbocycles. The first-order chi connectivity index (χ1) is 8.81. The second-order valence-corrected chi connectivity index (χ2v) is 3.60. The second-order valence-electron chi connectivity index (χ2n) is 3.60. The molecule has 1 aromatic rings. The normalized spacial score (nSPS) is 11.3. The van der Waals surface area contributed by atoms with Crippen LogP contribution in [0.3, 0.4) is 0 Å². The van der Waals surface area contributed by atoms with Gasteiger partial charge in [0.2, 0.25) is 0 Å². The van der Waals surface area contributed by atoms with Crippen LogP contribution in [0.2, 0.25) is 0 Å². The molecule has 0 aliphatic rings. The van der Waals surface area contributed by atoms with Crippen molar-refractivity contribution in [2.45, 2.75) is 6.18 Å². The predicted octanol–water partition coefficient (Wildman–Crippen LogP) is 1.41. The Balaban J connectivity index is 2.38. The molecule has 3 N–H and O–H groups in total. The van der Waals surface area contributed by atoms with Gasteiger partial charge < -0.3 is 20.3 Å². The number of hydrogen-bond acceptors (Lipinski definition) is 4. The standard InChI is InChI=1S/C11H12F3NO4/c12-11(13,14)6-19-5-4-15-10(18)7-2-1-3-8(16)9(7)17/h1-3,16-17H,4-6H2,(H,15,18). The molecule has 0 aliphatic heterocycles. The van der Waals surface area contributed by atoms with E-state index in [2.05, 4.69) is 10.1 Å². The van der Waals surface area contributed by atoms with Crippen LogP contribution in [0.25, 0.3) is 0 Å². The summed E-state index contributed by atoms with van der Waals surface area (Å²) in [6, 6.07) is 3.81. The van der Waals surface area contributed by atoms with Crippen molar-refractivity contribution in [3.63, 3.8) is 0 Å². The van der Waals surface area contributed by atoms with Gasteiger partial charge in [-0.15, -0.1) is 0 Å². The van der Waals surface area contributed by atoms with Crippen molar-refractivity contribution < 1.29 is 32.9 Å². The third-order valence-electron chi connectivity index (χ3n) is 2.06. The van der Waals surface area contributed by atoms with Crippen molar-refractivity contribution >= 4 is 5.91 Å². The fraction of sp³-hybridized carbons (Fsp3) is 0.364. The highest BCUT2D eigenvalue weighted by molar-refractivity contribution is 5.97. The molecule has 8 heteroatoms. The maximum Gasteiger partial charge on any atom is 0.411 e. The van der Waals surface area contributed by atoms with Crippen LogP contribution in [0.4, 0.5) is 13.2 Å². The molecule has 0 saturated carbocycles. The van der Waals surface area contributed by atoms with Gasteiger partial charge in [0.15, 0.2) is 11.5 Å². The number of benzene rings is 1. The summed E-state index contributed by atoms with van der Waals surface area (Å²) >= 11 is 0. The van der Waals surface area contributed by atoms with Gasteiger partial charge in [-0.2, -0.15) is 13.2 Å². The summed E-state index contributed by atoms with van der Waals surface area (Å²) in [6.07, 6.45) is -4.41. The molecule has 0 radical (unpaired) electrons. The highest BCUT2D eigenvalue weighted by atomic mass is 19.4. The van der Waals surface area contributed by atoms with E-state index < -0.39 is 30.2 Å². The van der Waals surface area contributed by atoms with Gasteiger partial charge >= 0.3 is 6.18 Å². The molecule has 0 spiro atoms. The number of para-hydroxylation sites is 1. The number of carbonyl (C=O) groups is 1. The lowest BCUT2D eigenvalue weighted by Gasteiger charge is -2.09. The Labute approximate surface area is 106 Å². The third-order valence-corrected chi connectivity index (χ3v) is 2.06. The van der Waals surface area contributed by atoms with Crippen molar-refractivity contribution in [1.82, 2.24) is 5.32 Å². The number of rotatable bonds is 5. The van der Waals surface area contributed by atoms with Crippen LogP contribution in [-0.4, -0.2) is 42.1 Å². The van der Waals surface area contributed by atoms with Crippen LogP contribution in [0, 0.1) is 0 Å². The van der Waals surface area contributed by atoms with Crippen LogP contribution in [0.5, 0.6) is 11.5 Å². The van der Waals surface area contributed by atoms with E-state index in [0.717, 1.165) is 0 Å². The van der Waals surface area contributed by atoms with Gasteiger partial charge in [0.25, 0.3) is 5.91 Å². The molecular weight excluding hydrogens is 267 g/mol. The zero-order chi connectivity index (χ0) is 14.5. The van der Waals surface area contributed by atoms with Crippen LogP contribution >= 0.6 is 0 Å². The minimum Gasteiger partial charge on any atom is -0.504 e. The lowest BCUT2D eigenvalue weighted by atomic mass is 10.1. The van der Waals surface area contributed by atoms with Crippen LogP contribution in [0.15, 0.2) is 18.2 Å². The number of amides is 1. The zero-order valence-corrected chi connectivity index (χ0v) is 9.70. The molecule has 0 bridgehead atoms. The Morgan fingerprint density at radius 1 is 1.32 bits per heavy atom. The van der Waals surface area contributed by atoms with Crippen molar-refractivity contribution in [1.29, 1.82) is 0 Å². The minimum absolute atomic E-state index is 0.149. The smallest absolute Gasteiger partial charge is 0.411 e. The Kier molecular flexibility index (Phi) is 4.99. The lowest BCUT2D eigenvalue weighted by Crippen LogP contribution is -2.28. The van der Waals surface area contributed by atoms with E-state index >= 15 is 0 Å². The van der Waals surface area contributed by atoms with Gasteiger partial charge in [-0.3, -0.25) is 4.79 Å². The third kappa shape index (κ3) is 5.04. The molecule has 0 atom stereocenters. The SMILES string of the molecule is O=C(NCCOCC(F)(F)F)c1cccc(O)c1O. The number of hydrogen-bond donors (Lipinski definition) is 3. The summed E-state index contributed by atoms with van der Waals surface area (Å²) < 4.78 is 39.5. The highest BCUT2D eigenvalue weighted by Gasteiger charge is 2.27. The molecule has 0 unspecified atom stereocenters. The number of alkyl halides is 3. The maximum absolute atomic E-state index is 11.7. The number of phenols is 2. The first-order valence-corrected chi connectivity index (χ1v) is 5.25. The number of nitrogens with one attached hydrogen (secondary N) is 1. The monoisotopic (exact) mass is 279 g/mol. The Morgan fingerprint density at radius 3 is 2.63 bits per heavy atom. The zero-order valence-electron chi connectivity index (χ0n) is 9.70. The molecule has 0 aromatic heterocycles. The molecule has 19 heavy (non-hydrogen) atoms. The molecule has 0 fully saturated rings. The Hall–Kier alpha value is -1.96. The molecule has 1 amide bonds. The Bertz CT molecular complexity index is 448. The van der Waals surface area contributed by atoms with E-state index in [0.29, 0.717) is 0 Å². The first-order valence-electron chi connectivity index (χ1n) is 5.25. The van der Waals surface area contributed by atoms with Gasteiger partial charge in [-0.25, -0.2) is 0 Å². The van der Waals surface area contributed by atoms with E-state index in [1.54, 1.807) is 0 Å². The molecule has 0 heterocycles. The molecule has 0 saturated heterocycles. The van der Waals surface area contributed by atoms with Gasteiger partial charge in [-0.05, 0) is 12.1 Å². The van der Waals surface area contributed by atoms with Gasteiger partial charge in [0.1, 0.15) is 6.61 Å². The quantitative estimate of drug-likeness (QED) is 0.562. The van der Waals surface area contributed by atoms with E-state index in [9.17, 15) is 23.1 Å². The summed E-state index contributed by atoms with van der Waals surface area (Å²) in [6.45, 7) is -1.85. The maximum atomic E-state index is 11.7. The van der Waals surface area contributed by atoms with E-state index in [1.165, 1.54) is 18.2 Å². The van der Waals surface area contributed by atoms with Gasteiger partial charge in [0.05, 0.1) is 12.2 Å². The van der Waals surface area contributed by atoms with Crippen molar-refractivity contribution in [3.8, 4) is 11.5 Å². The molecule has 106 valence electrons. The van der Waals surface area contributed by atoms with Crippen molar-refractivity contribution in [2.24, 2.45) is 0 Å². The second kappa shape index (κ2) is 6.28. The topological polar surface area (TPSA) is 78.8 Å². The van der Waals surface area contributed by atoms with E-state index in [-0.39, 0.29) is 18.7 Å². The highest BCUT2D eigenvalue weighted by Crippen LogP contribution is 2.27. The Morgan fingerprint density at radius 2 is 2.00 bits per heavy atom. The van der Waals surface area contributed by atoms with Crippen molar-refractivity contribution in [3.05, 3.63) is 23.8 Å². The number of phenolic OH excluding ortho intramolecular Hbond substituents is 2. The summed E-state index contributed by atoms with van der Waals surface area (Å²) in [5.41, 5.74) is -0.171. The average molecular weight is 279 g/mol. The number of ether oxygens (including phenoxy) is 1. The average Bonchev–Trinajstić information content (AvgIpc) is 2.30. The summed E-state index contributed by atoms with van der Waals surface area (Å²) in [5.74, 6) is -1.76. The number of carbonyl (C=O) groups excluding carboxylic acids is 1. The molecular formula is C11H12F3NO4. The molecule has 1 aromatic carbocycles. The fourth-order valence-corrected chi connectivity index (χ4v) is 1.23. The summed E-state index contributed by atoms with van der Waals surface area (Å²) in [4.78, 5) is 11.5. The number of halogens is 3. The predicted molar refractivity (Wildman–Crippen MR) is 59.0 cm³/mol. The fourth-order valence-electron chi connectivity index (χ4n) is 1.23. The molecule has 5 nitrogen and oxygen atoms in total. The minimum atomic E-state index is -4.41. The van der Waals surface area contributed by atoms with E-state index in [4.69, 9.17) is 5.11 Å². The first kappa shape index (κ1) is 15.1.